The number of hydrogen-bond acceptors (Lipinski definition) is 13. The zero-order valence-corrected chi connectivity index (χ0v) is 35.4. The average Bonchev–Trinajstić information content (AvgIpc) is 3.87. The van der Waals surface area contributed by atoms with Crippen LogP contribution >= 0.6 is 11.3 Å². The minimum Gasteiger partial charge on any atom is -0.399 e. The molecule has 15 nitrogen and oxygen atoms in total. The molecule has 16 heteroatoms. The van der Waals surface area contributed by atoms with Gasteiger partial charge in [0.25, 0.3) is 0 Å². The lowest BCUT2D eigenvalue weighted by molar-refractivity contribution is -0.140. The lowest BCUT2D eigenvalue weighted by Crippen LogP contribution is -2.55. The maximum atomic E-state index is 13.5. The quantitative estimate of drug-likeness (QED) is 0.0795. The highest BCUT2D eigenvalue weighted by Crippen LogP contribution is 2.39. The molecule has 3 amide bonds. The lowest BCUT2D eigenvalue weighted by atomic mass is 9.70. The van der Waals surface area contributed by atoms with E-state index in [2.05, 4.69) is 38.5 Å². The Balaban J connectivity index is 0.979. The molecule has 0 bridgehead atoms. The molecule has 1 aliphatic carbocycles. The molecule has 4 rings (SSSR count). The fourth-order valence-electron chi connectivity index (χ4n) is 7.20. The van der Waals surface area contributed by atoms with E-state index >= 15 is 0 Å². The highest BCUT2D eigenvalue weighted by molar-refractivity contribution is 7.13. The van der Waals surface area contributed by atoms with Gasteiger partial charge in [0.1, 0.15) is 11.9 Å². The molecule has 57 heavy (non-hydrogen) atoms. The summed E-state index contributed by atoms with van der Waals surface area (Å²) >= 11 is 1.52. The van der Waals surface area contributed by atoms with Crippen LogP contribution in [0.1, 0.15) is 84.8 Å². The fraction of sp³-hybridized carbons (Fsp3) is 0.683. The minimum absolute atomic E-state index is 0.0107. The molecule has 0 spiro atoms. The number of anilines is 2. The van der Waals surface area contributed by atoms with Crippen molar-refractivity contribution in [3.05, 3.63) is 47.4 Å². The number of amides is 3. The van der Waals surface area contributed by atoms with Crippen LogP contribution < -0.4 is 32.3 Å². The number of carbonyl (C=O) groups excluding carboxylic acids is 3. The summed E-state index contributed by atoms with van der Waals surface area (Å²) in [4.78, 5) is 50.3. The van der Waals surface area contributed by atoms with Crippen molar-refractivity contribution in [2.75, 3.05) is 77.7 Å². The SMILES string of the molecule is CC1CCCN1C(=O)C(NC(=O)CCNCCN/C=C(\N)COCCOCCOCCNC(=O)C1(Cc2cccc(Nc3nccs3)n2)CCCCC1)C(C)(C)C. The Morgan fingerprint density at radius 3 is 2.46 bits per heavy atom. The van der Waals surface area contributed by atoms with E-state index in [0.29, 0.717) is 71.3 Å². The van der Waals surface area contributed by atoms with E-state index in [0.717, 1.165) is 68.1 Å². The second-order valence-corrected chi connectivity index (χ2v) is 17.0. The van der Waals surface area contributed by atoms with E-state index < -0.39 is 11.5 Å². The number of ether oxygens (including phenoxy) is 3. The van der Waals surface area contributed by atoms with Gasteiger partial charge in [-0.15, -0.1) is 11.3 Å². The van der Waals surface area contributed by atoms with Crippen molar-refractivity contribution in [1.82, 2.24) is 36.1 Å². The lowest BCUT2D eigenvalue weighted by Gasteiger charge is -2.35. The zero-order valence-electron chi connectivity index (χ0n) is 34.5. The third-order valence-electron chi connectivity index (χ3n) is 10.3. The second kappa shape index (κ2) is 24.2. The summed E-state index contributed by atoms with van der Waals surface area (Å²) in [5.74, 6) is 0.682. The van der Waals surface area contributed by atoms with Crippen molar-refractivity contribution in [2.45, 2.75) is 97.6 Å². The zero-order chi connectivity index (χ0) is 40.9. The van der Waals surface area contributed by atoms with Gasteiger partial charge in [0.15, 0.2) is 5.13 Å². The number of hydrogen-bond donors (Lipinski definition) is 6. The van der Waals surface area contributed by atoms with Crippen LogP contribution in [0, 0.1) is 10.8 Å². The maximum Gasteiger partial charge on any atom is 0.245 e. The van der Waals surface area contributed by atoms with Gasteiger partial charge >= 0.3 is 0 Å². The van der Waals surface area contributed by atoms with Crippen LogP contribution in [-0.2, 0) is 35.0 Å². The number of nitrogens with two attached hydrogens (primary N) is 1. The Bertz CT molecular complexity index is 1530. The third kappa shape index (κ3) is 16.2. The van der Waals surface area contributed by atoms with Crippen LogP contribution in [0.3, 0.4) is 0 Å². The molecule has 2 fully saturated rings. The molecular weight excluding hydrogens is 747 g/mol. The molecule has 3 heterocycles. The molecule has 1 saturated heterocycles. The molecular formula is C41H67N9O6S. The maximum absolute atomic E-state index is 13.5. The molecule has 318 valence electrons. The van der Waals surface area contributed by atoms with Gasteiger partial charge in [0.2, 0.25) is 17.7 Å². The summed E-state index contributed by atoms with van der Waals surface area (Å²) in [6.07, 6.45) is 11.3. The first-order chi connectivity index (χ1) is 27.5. The Morgan fingerprint density at radius 2 is 1.75 bits per heavy atom. The van der Waals surface area contributed by atoms with Gasteiger partial charge in [-0.3, -0.25) is 14.4 Å². The molecule has 0 radical (unpaired) electrons. The Morgan fingerprint density at radius 1 is 1.00 bits per heavy atom. The summed E-state index contributed by atoms with van der Waals surface area (Å²) in [5.41, 5.74) is 6.66. The molecule has 7 N–H and O–H groups in total. The van der Waals surface area contributed by atoms with Gasteiger partial charge in [-0.25, -0.2) is 9.97 Å². The molecule has 1 saturated carbocycles. The van der Waals surface area contributed by atoms with Crippen LogP contribution in [0.15, 0.2) is 41.7 Å². The monoisotopic (exact) mass is 813 g/mol. The standard InChI is InChI=1S/C41H67N9O6S/c1-31-10-9-21-50(31)37(52)36(40(2,3)4)49-35(51)13-16-43-17-18-44-29-32(42)30-56-26-25-55-24-23-54-22-19-45-38(53)41(14-6-5-7-15-41)28-33-11-8-12-34(47-33)48-39-46-20-27-57-39/h8,11-12,20,27,29,31,36,43-44H,5-7,9-10,13-19,21-26,28,30,42H2,1-4H3,(H,45,53)(H,49,51)(H,46,47,48)/b32-29-. The van der Waals surface area contributed by atoms with E-state index in [1.54, 1.807) is 12.4 Å². The first-order valence-corrected chi connectivity index (χ1v) is 21.5. The first kappa shape index (κ1) is 45.9. The van der Waals surface area contributed by atoms with E-state index in [4.69, 9.17) is 24.9 Å². The third-order valence-corrected chi connectivity index (χ3v) is 11.0. The van der Waals surface area contributed by atoms with Crippen LogP contribution in [-0.4, -0.2) is 117 Å². The molecule has 2 aromatic heterocycles. The first-order valence-electron chi connectivity index (χ1n) is 20.6. The molecule has 2 aliphatic rings. The fourth-order valence-corrected chi connectivity index (χ4v) is 7.73. The highest BCUT2D eigenvalue weighted by Gasteiger charge is 2.40. The summed E-state index contributed by atoms with van der Waals surface area (Å²) < 4.78 is 16.9. The average molecular weight is 814 g/mol. The van der Waals surface area contributed by atoms with Crippen molar-refractivity contribution in [3.63, 3.8) is 0 Å². The second-order valence-electron chi connectivity index (χ2n) is 16.1. The molecule has 1 aliphatic heterocycles. The molecule has 0 aromatic carbocycles. The normalized spacial score (nSPS) is 17.6. The van der Waals surface area contributed by atoms with Gasteiger partial charge in [0, 0.05) is 75.1 Å². The molecule has 2 atom stereocenters. The Hall–Kier alpha value is -3.83. The number of rotatable bonds is 25. The van der Waals surface area contributed by atoms with Gasteiger partial charge in [-0.05, 0) is 50.2 Å². The van der Waals surface area contributed by atoms with Crippen molar-refractivity contribution in [2.24, 2.45) is 16.6 Å². The summed E-state index contributed by atoms with van der Waals surface area (Å²) in [6.45, 7) is 13.3. The number of carbonyl (C=O) groups is 3. The van der Waals surface area contributed by atoms with Crippen molar-refractivity contribution in [1.29, 1.82) is 0 Å². The summed E-state index contributed by atoms with van der Waals surface area (Å²) in [5, 5.41) is 18.4. The minimum atomic E-state index is -0.543. The van der Waals surface area contributed by atoms with Crippen molar-refractivity contribution in [3.8, 4) is 0 Å². The van der Waals surface area contributed by atoms with Crippen LogP contribution in [0.5, 0.6) is 0 Å². The number of aromatic nitrogens is 2. The van der Waals surface area contributed by atoms with Gasteiger partial charge in [0.05, 0.1) is 50.8 Å². The van der Waals surface area contributed by atoms with Gasteiger partial charge in [-0.1, -0.05) is 46.1 Å². The number of nitrogens with one attached hydrogen (secondary N) is 5. The van der Waals surface area contributed by atoms with Crippen LogP contribution in [0.2, 0.25) is 0 Å². The van der Waals surface area contributed by atoms with Crippen LogP contribution in [0.25, 0.3) is 0 Å². The van der Waals surface area contributed by atoms with Crippen molar-refractivity contribution >= 4 is 40.0 Å². The Kier molecular flexibility index (Phi) is 19.5. The highest BCUT2D eigenvalue weighted by atomic mass is 32.1. The van der Waals surface area contributed by atoms with Gasteiger partial charge < -0.3 is 51.4 Å². The van der Waals surface area contributed by atoms with Gasteiger partial charge in [-0.2, -0.15) is 0 Å². The predicted molar refractivity (Wildman–Crippen MR) is 224 cm³/mol. The summed E-state index contributed by atoms with van der Waals surface area (Å²) in [6, 6.07) is 5.55. The number of likely N-dealkylation sites (tertiary alicyclic amines) is 1. The predicted octanol–water partition coefficient (Wildman–Crippen LogP) is 3.85. The number of nitrogens with zero attached hydrogens (tertiary/aromatic N) is 3. The van der Waals surface area contributed by atoms with E-state index in [9.17, 15) is 14.4 Å². The number of pyridine rings is 1. The van der Waals surface area contributed by atoms with Crippen molar-refractivity contribution < 1.29 is 28.6 Å². The van der Waals surface area contributed by atoms with E-state index in [1.807, 2.05) is 49.3 Å². The van der Waals surface area contributed by atoms with E-state index in [-0.39, 0.29) is 42.2 Å². The number of thiazole rings is 1. The van der Waals surface area contributed by atoms with Crippen LogP contribution in [0.4, 0.5) is 10.9 Å². The Labute approximate surface area is 343 Å². The summed E-state index contributed by atoms with van der Waals surface area (Å²) in [7, 11) is 0. The molecule has 2 unspecified atom stereocenters. The smallest absolute Gasteiger partial charge is 0.245 e. The largest absolute Gasteiger partial charge is 0.399 e. The van der Waals surface area contributed by atoms with E-state index in [1.165, 1.54) is 11.3 Å². The topological polar surface area (TPSA) is 194 Å². The molecule has 2 aromatic rings.